The Morgan fingerprint density at radius 1 is 1.82 bits per heavy atom. The molecule has 0 radical (unpaired) electrons. The van der Waals surface area contributed by atoms with Crippen LogP contribution in [0.3, 0.4) is 0 Å². The van der Waals surface area contributed by atoms with E-state index in [2.05, 4.69) is 5.10 Å². The summed E-state index contributed by atoms with van der Waals surface area (Å²) in [5, 5.41) is 13.5. The minimum absolute atomic E-state index is 0.0494. The minimum atomic E-state index is -0.610. The summed E-state index contributed by atoms with van der Waals surface area (Å²) in [7, 11) is 0. The summed E-state index contributed by atoms with van der Waals surface area (Å²) in [4.78, 5) is 19.4. The predicted molar refractivity (Wildman–Crippen MR) is 34.9 cm³/mol. The van der Waals surface area contributed by atoms with Gasteiger partial charge in [-0.1, -0.05) is 0 Å². The molecular formula is C5H5N3O3. The third-order valence-electron chi connectivity index (χ3n) is 1.08. The number of hydrogen-bond acceptors (Lipinski definition) is 4. The van der Waals surface area contributed by atoms with Crippen molar-refractivity contribution in [3.05, 3.63) is 22.4 Å². The van der Waals surface area contributed by atoms with Crippen molar-refractivity contribution < 1.29 is 9.72 Å². The number of aldehydes is 1. The summed E-state index contributed by atoms with van der Waals surface area (Å²) in [5.74, 6) is -0.244. The van der Waals surface area contributed by atoms with Crippen molar-refractivity contribution in [1.82, 2.24) is 9.78 Å². The van der Waals surface area contributed by atoms with Gasteiger partial charge in [0.15, 0.2) is 0 Å². The molecule has 1 heterocycles. The Hall–Kier alpha value is -1.72. The van der Waals surface area contributed by atoms with Gasteiger partial charge < -0.3 is 14.9 Å². The average molecular weight is 155 g/mol. The highest BCUT2D eigenvalue weighted by Crippen LogP contribution is 2.03. The van der Waals surface area contributed by atoms with Gasteiger partial charge in [-0.15, -0.1) is 0 Å². The summed E-state index contributed by atoms with van der Waals surface area (Å²) in [6, 6.07) is 1.24. The maximum Gasteiger partial charge on any atom is 0.389 e. The molecule has 0 amide bonds. The highest BCUT2D eigenvalue weighted by molar-refractivity contribution is 5.48. The van der Waals surface area contributed by atoms with Crippen LogP contribution >= 0.6 is 0 Å². The second-order valence-electron chi connectivity index (χ2n) is 1.82. The molecule has 6 heteroatoms. The van der Waals surface area contributed by atoms with E-state index in [1.165, 1.54) is 16.9 Å². The van der Waals surface area contributed by atoms with Crippen LogP contribution in [0, 0.1) is 10.1 Å². The molecule has 0 aliphatic rings. The number of carbonyl (C=O) groups excluding carboxylic acids is 1. The van der Waals surface area contributed by atoms with E-state index >= 15 is 0 Å². The molecule has 1 aromatic rings. The van der Waals surface area contributed by atoms with Crippen LogP contribution in [0.2, 0.25) is 0 Å². The van der Waals surface area contributed by atoms with Gasteiger partial charge in [0.05, 0.1) is 17.4 Å². The molecule has 0 saturated carbocycles. The number of carbonyl (C=O) groups is 1. The topological polar surface area (TPSA) is 78.0 Å². The lowest BCUT2D eigenvalue weighted by Gasteiger charge is -1.84. The summed E-state index contributed by atoms with van der Waals surface area (Å²) in [5.41, 5.74) is 0. The third-order valence-corrected chi connectivity index (χ3v) is 1.08. The van der Waals surface area contributed by atoms with Crippen LogP contribution in [0.25, 0.3) is 0 Å². The highest BCUT2D eigenvalue weighted by atomic mass is 16.6. The maximum absolute atomic E-state index is 10.1. The number of rotatable bonds is 3. The van der Waals surface area contributed by atoms with E-state index < -0.39 is 4.92 Å². The number of aromatic nitrogens is 2. The Labute approximate surface area is 61.6 Å². The van der Waals surface area contributed by atoms with Crippen molar-refractivity contribution in [3.63, 3.8) is 0 Å². The summed E-state index contributed by atoms with van der Waals surface area (Å²) in [6.07, 6.45) is 2.00. The van der Waals surface area contributed by atoms with Gasteiger partial charge in [-0.2, -0.15) is 4.68 Å². The molecule has 0 atom stereocenters. The molecule has 58 valence electrons. The fraction of sp³-hybridized carbons (Fsp3) is 0.200. The second-order valence-corrected chi connectivity index (χ2v) is 1.82. The summed E-state index contributed by atoms with van der Waals surface area (Å²) < 4.78 is 1.20. The Balaban J connectivity index is 2.81. The zero-order valence-corrected chi connectivity index (χ0v) is 5.51. The van der Waals surface area contributed by atoms with Crippen LogP contribution in [-0.4, -0.2) is 21.0 Å². The molecular weight excluding hydrogens is 150 g/mol. The van der Waals surface area contributed by atoms with Gasteiger partial charge in [-0.3, -0.25) is 0 Å². The lowest BCUT2D eigenvalue weighted by atomic mass is 10.6. The molecule has 1 aromatic heterocycles. The molecule has 0 saturated heterocycles. The number of hydrogen-bond donors (Lipinski definition) is 0. The predicted octanol–water partition coefficient (Wildman–Crippen LogP) is -0.00980. The molecule has 0 aromatic carbocycles. The first-order chi connectivity index (χ1) is 5.24. The SMILES string of the molecule is O=CCn1ccc([N+](=O)[O-])n1. The van der Waals surface area contributed by atoms with Crippen molar-refractivity contribution in [1.29, 1.82) is 0 Å². The summed E-state index contributed by atoms with van der Waals surface area (Å²) >= 11 is 0. The molecule has 0 spiro atoms. The van der Waals surface area contributed by atoms with E-state index in [-0.39, 0.29) is 12.4 Å². The molecule has 0 aliphatic heterocycles. The summed E-state index contributed by atoms with van der Waals surface area (Å²) in [6.45, 7) is 0.0494. The van der Waals surface area contributed by atoms with E-state index in [4.69, 9.17) is 0 Å². The van der Waals surface area contributed by atoms with Crippen molar-refractivity contribution in [3.8, 4) is 0 Å². The van der Waals surface area contributed by atoms with Crippen molar-refractivity contribution in [2.75, 3.05) is 0 Å². The quantitative estimate of drug-likeness (QED) is 0.349. The molecule has 0 aliphatic carbocycles. The highest BCUT2D eigenvalue weighted by Gasteiger charge is 2.09. The van der Waals surface area contributed by atoms with Crippen LogP contribution in [0.4, 0.5) is 5.82 Å². The van der Waals surface area contributed by atoms with E-state index in [1.807, 2.05) is 0 Å². The smallest absolute Gasteiger partial charge is 0.358 e. The molecule has 1 rings (SSSR count). The van der Waals surface area contributed by atoms with Crippen LogP contribution in [-0.2, 0) is 11.3 Å². The zero-order valence-electron chi connectivity index (χ0n) is 5.51. The molecule has 0 fully saturated rings. The van der Waals surface area contributed by atoms with E-state index in [0.29, 0.717) is 6.29 Å². The van der Waals surface area contributed by atoms with Gasteiger partial charge in [-0.05, 0) is 4.92 Å². The lowest BCUT2D eigenvalue weighted by molar-refractivity contribution is -0.389. The van der Waals surface area contributed by atoms with Crippen molar-refractivity contribution in [2.45, 2.75) is 6.54 Å². The first-order valence-corrected chi connectivity index (χ1v) is 2.85. The van der Waals surface area contributed by atoms with Gasteiger partial charge in [0.25, 0.3) is 0 Å². The Morgan fingerprint density at radius 2 is 2.55 bits per heavy atom. The van der Waals surface area contributed by atoms with Gasteiger partial charge in [0.1, 0.15) is 12.8 Å². The number of nitrogens with zero attached hydrogens (tertiary/aromatic N) is 3. The largest absolute Gasteiger partial charge is 0.389 e. The molecule has 6 nitrogen and oxygen atoms in total. The third kappa shape index (κ3) is 1.60. The lowest BCUT2D eigenvalue weighted by Crippen LogP contribution is -1.99. The van der Waals surface area contributed by atoms with Gasteiger partial charge >= 0.3 is 5.82 Å². The molecule has 11 heavy (non-hydrogen) atoms. The van der Waals surface area contributed by atoms with Crippen LogP contribution in [0.1, 0.15) is 0 Å². The Morgan fingerprint density at radius 3 is 3.00 bits per heavy atom. The van der Waals surface area contributed by atoms with Crippen LogP contribution in [0.5, 0.6) is 0 Å². The van der Waals surface area contributed by atoms with Crippen LogP contribution < -0.4 is 0 Å². The standard InChI is InChI=1S/C5H5N3O3/c9-4-3-7-2-1-5(6-7)8(10)11/h1-2,4H,3H2. The maximum atomic E-state index is 10.1. The normalized spacial score (nSPS) is 9.45. The number of nitro groups is 1. The first kappa shape index (κ1) is 7.39. The fourth-order valence-corrected chi connectivity index (χ4v) is 0.626. The van der Waals surface area contributed by atoms with Gasteiger partial charge in [0, 0.05) is 0 Å². The van der Waals surface area contributed by atoms with E-state index in [1.54, 1.807) is 0 Å². The molecule has 0 unspecified atom stereocenters. The fourth-order valence-electron chi connectivity index (χ4n) is 0.626. The van der Waals surface area contributed by atoms with E-state index in [0.717, 1.165) is 0 Å². The first-order valence-electron chi connectivity index (χ1n) is 2.85. The van der Waals surface area contributed by atoms with Crippen LogP contribution in [0.15, 0.2) is 12.3 Å². The Bertz CT molecular complexity index is 280. The van der Waals surface area contributed by atoms with Crippen molar-refractivity contribution in [2.24, 2.45) is 0 Å². The monoisotopic (exact) mass is 155 g/mol. The second kappa shape index (κ2) is 2.91. The van der Waals surface area contributed by atoms with Gasteiger partial charge in [0.2, 0.25) is 0 Å². The Kier molecular flexibility index (Phi) is 1.95. The van der Waals surface area contributed by atoms with Crippen molar-refractivity contribution >= 4 is 12.1 Å². The van der Waals surface area contributed by atoms with E-state index in [9.17, 15) is 14.9 Å². The molecule has 0 bridgehead atoms. The minimum Gasteiger partial charge on any atom is -0.358 e. The van der Waals surface area contributed by atoms with Gasteiger partial charge in [-0.25, -0.2) is 0 Å². The molecule has 0 N–H and O–H groups in total. The average Bonchev–Trinajstić information content (AvgIpc) is 2.37. The zero-order chi connectivity index (χ0) is 8.27.